The molecule has 0 aliphatic heterocycles. The second kappa shape index (κ2) is 9.02. The van der Waals surface area contributed by atoms with Crippen molar-refractivity contribution >= 4 is 17.5 Å². The summed E-state index contributed by atoms with van der Waals surface area (Å²) in [6, 6.07) is 5.53. The van der Waals surface area contributed by atoms with Crippen LogP contribution in [0.2, 0.25) is 0 Å². The van der Waals surface area contributed by atoms with Crippen LogP contribution in [-0.4, -0.2) is 28.7 Å². The number of Topliss-reactive ketones (excluding diaryl/α,β-unsaturated/α-hetero) is 2. The van der Waals surface area contributed by atoms with Gasteiger partial charge >= 0.3 is 5.97 Å². The van der Waals surface area contributed by atoms with E-state index in [0.717, 1.165) is 5.56 Å². The van der Waals surface area contributed by atoms with Crippen LogP contribution in [0.4, 0.5) is 0 Å². The third-order valence-corrected chi connectivity index (χ3v) is 3.01. The van der Waals surface area contributed by atoms with Gasteiger partial charge in [0.25, 0.3) is 0 Å². The highest BCUT2D eigenvalue weighted by molar-refractivity contribution is 6.09. The lowest BCUT2D eigenvalue weighted by molar-refractivity contribution is -0.138. The van der Waals surface area contributed by atoms with Crippen LogP contribution in [0.1, 0.15) is 43.6 Å². The van der Waals surface area contributed by atoms with E-state index in [1.165, 1.54) is 6.92 Å². The molecular formula is C16H23NO4. The average molecular weight is 293 g/mol. The molecule has 0 saturated carbocycles. The van der Waals surface area contributed by atoms with E-state index in [1.54, 1.807) is 31.2 Å². The molecule has 0 radical (unpaired) electrons. The van der Waals surface area contributed by atoms with Crippen molar-refractivity contribution < 1.29 is 19.5 Å². The van der Waals surface area contributed by atoms with Crippen molar-refractivity contribution in [3.63, 3.8) is 0 Å². The van der Waals surface area contributed by atoms with E-state index in [9.17, 15) is 14.4 Å². The molecule has 3 N–H and O–H groups in total. The fourth-order valence-electron chi connectivity index (χ4n) is 1.58. The minimum Gasteiger partial charge on any atom is -0.480 e. The minimum absolute atomic E-state index is 0.179. The standard InChI is InChI=1S/C14H17NO4.C2H6/c1-8(9(2)16)13(17)11-5-3-10(4-6-11)7-12(15)14(18)19;1-2/h3-6,8,12H,7,15H2,1-2H3,(H,18,19);1-2H3. The predicted molar refractivity (Wildman–Crippen MR) is 81.3 cm³/mol. The average Bonchev–Trinajstić information content (AvgIpc) is 2.48. The highest BCUT2D eigenvalue weighted by atomic mass is 16.4. The number of carbonyl (C=O) groups excluding carboxylic acids is 2. The summed E-state index contributed by atoms with van der Waals surface area (Å²) in [5.74, 6) is -2.14. The number of benzene rings is 1. The van der Waals surface area contributed by atoms with Crippen LogP contribution < -0.4 is 5.73 Å². The van der Waals surface area contributed by atoms with Crippen LogP contribution in [0.25, 0.3) is 0 Å². The quantitative estimate of drug-likeness (QED) is 0.618. The number of nitrogens with two attached hydrogens (primary N) is 1. The Balaban J connectivity index is 0.00000191. The Labute approximate surface area is 125 Å². The van der Waals surface area contributed by atoms with Crippen molar-refractivity contribution in [2.75, 3.05) is 0 Å². The van der Waals surface area contributed by atoms with Gasteiger partial charge in [0.2, 0.25) is 0 Å². The second-order valence-electron chi connectivity index (χ2n) is 4.54. The summed E-state index contributed by atoms with van der Waals surface area (Å²) in [5, 5.41) is 8.70. The first-order valence-corrected chi connectivity index (χ1v) is 6.95. The van der Waals surface area contributed by atoms with Crippen LogP contribution in [0, 0.1) is 5.92 Å². The van der Waals surface area contributed by atoms with E-state index in [1.807, 2.05) is 13.8 Å². The van der Waals surface area contributed by atoms with Gasteiger partial charge in [-0.2, -0.15) is 0 Å². The summed E-state index contributed by atoms with van der Waals surface area (Å²) in [7, 11) is 0. The molecule has 116 valence electrons. The van der Waals surface area contributed by atoms with Crippen molar-refractivity contribution in [3.8, 4) is 0 Å². The lowest BCUT2D eigenvalue weighted by Gasteiger charge is -2.09. The number of carboxylic acid groups (broad SMARTS) is 1. The van der Waals surface area contributed by atoms with Gasteiger partial charge in [-0.1, -0.05) is 38.1 Å². The van der Waals surface area contributed by atoms with Crippen LogP contribution in [0.15, 0.2) is 24.3 Å². The molecular weight excluding hydrogens is 270 g/mol. The number of carboxylic acids is 1. The summed E-state index contributed by atoms with van der Waals surface area (Å²) in [5.41, 5.74) is 6.60. The maximum absolute atomic E-state index is 11.9. The normalized spacial score (nSPS) is 12.6. The highest BCUT2D eigenvalue weighted by Crippen LogP contribution is 2.12. The molecule has 21 heavy (non-hydrogen) atoms. The smallest absolute Gasteiger partial charge is 0.320 e. The molecule has 2 unspecified atom stereocenters. The zero-order valence-electron chi connectivity index (χ0n) is 12.9. The van der Waals surface area contributed by atoms with E-state index in [2.05, 4.69) is 0 Å². The maximum atomic E-state index is 11.9. The zero-order chi connectivity index (χ0) is 16.6. The summed E-state index contributed by atoms with van der Waals surface area (Å²) >= 11 is 0. The second-order valence-corrected chi connectivity index (χ2v) is 4.54. The molecule has 1 aromatic rings. The summed E-state index contributed by atoms with van der Waals surface area (Å²) in [4.78, 5) is 33.7. The summed E-state index contributed by atoms with van der Waals surface area (Å²) < 4.78 is 0. The molecule has 0 saturated heterocycles. The van der Waals surface area contributed by atoms with Gasteiger partial charge in [-0.25, -0.2) is 0 Å². The Morgan fingerprint density at radius 2 is 1.62 bits per heavy atom. The molecule has 0 spiro atoms. The fraction of sp³-hybridized carbons (Fsp3) is 0.438. The largest absolute Gasteiger partial charge is 0.480 e. The van der Waals surface area contributed by atoms with Crippen molar-refractivity contribution in [1.82, 2.24) is 0 Å². The van der Waals surface area contributed by atoms with E-state index >= 15 is 0 Å². The third kappa shape index (κ3) is 5.87. The van der Waals surface area contributed by atoms with Gasteiger partial charge in [-0.15, -0.1) is 0 Å². The Morgan fingerprint density at radius 3 is 2.00 bits per heavy atom. The first-order valence-electron chi connectivity index (χ1n) is 6.95. The van der Waals surface area contributed by atoms with Gasteiger partial charge < -0.3 is 10.8 Å². The highest BCUT2D eigenvalue weighted by Gasteiger charge is 2.19. The number of hydrogen-bond donors (Lipinski definition) is 2. The molecule has 0 aliphatic rings. The number of hydrogen-bond acceptors (Lipinski definition) is 4. The number of ketones is 2. The lowest BCUT2D eigenvalue weighted by atomic mass is 9.95. The van der Waals surface area contributed by atoms with Crippen molar-refractivity contribution in [3.05, 3.63) is 35.4 Å². The molecule has 1 aromatic carbocycles. The van der Waals surface area contributed by atoms with Crippen molar-refractivity contribution in [2.24, 2.45) is 11.7 Å². The Morgan fingerprint density at radius 1 is 1.14 bits per heavy atom. The van der Waals surface area contributed by atoms with Gasteiger partial charge in [0.1, 0.15) is 11.8 Å². The minimum atomic E-state index is -1.06. The first kappa shape index (κ1) is 19.0. The topological polar surface area (TPSA) is 97.5 Å². The molecule has 0 heterocycles. The molecule has 5 heteroatoms. The summed E-state index contributed by atoms with van der Waals surface area (Å²) in [6.45, 7) is 6.95. The molecule has 5 nitrogen and oxygen atoms in total. The SMILES string of the molecule is CC.CC(=O)C(C)C(=O)c1ccc(CC(N)C(=O)O)cc1. The Kier molecular flexibility index (Phi) is 8.16. The van der Waals surface area contributed by atoms with Crippen molar-refractivity contribution in [2.45, 2.75) is 40.2 Å². The lowest BCUT2D eigenvalue weighted by Crippen LogP contribution is -2.32. The van der Waals surface area contributed by atoms with E-state index < -0.39 is 17.9 Å². The number of aliphatic carboxylic acids is 1. The van der Waals surface area contributed by atoms with E-state index in [-0.39, 0.29) is 18.0 Å². The van der Waals surface area contributed by atoms with E-state index in [0.29, 0.717) is 5.56 Å². The molecule has 0 aromatic heterocycles. The molecule has 2 atom stereocenters. The van der Waals surface area contributed by atoms with Crippen molar-refractivity contribution in [1.29, 1.82) is 0 Å². The van der Waals surface area contributed by atoms with Gasteiger partial charge in [-0.3, -0.25) is 14.4 Å². The monoisotopic (exact) mass is 293 g/mol. The van der Waals surface area contributed by atoms with Crippen LogP contribution in [0.5, 0.6) is 0 Å². The Bertz CT molecular complexity index is 494. The zero-order valence-corrected chi connectivity index (χ0v) is 12.9. The van der Waals surface area contributed by atoms with Crippen LogP contribution >= 0.6 is 0 Å². The fourth-order valence-corrected chi connectivity index (χ4v) is 1.58. The molecule has 0 fully saturated rings. The predicted octanol–water partition coefficient (Wildman–Crippen LogP) is 2.07. The van der Waals surface area contributed by atoms with Gasteiger partial charge in [-0.05, 0) is 25.8 Å². The molecule has 0 aliphatic carbocycles. The third-order valence-electron chi connectivity index (χ3n) is 3.01. The summed E-state index contributed by atoms with van der Waals surface area (Å²) in [6.07, 6.45) is 0.200. The van der Waals surface area contributed by atoms with Crippen LogP contribution in [0.3, 0.4) is 0 Å². The number of rotatable bonds is 6. The van der Waals surface area contributed by atoms with Gasteiger partial charge in [0, 0.05) is 5.56 Å². The van der Waals surface area contributed by atoms with Gasteiger partial charge in [0.15, 0.2) is 5.78 Å². The Hall–Kier alpha value is -2.01. The number of carbonyl (C=O) groups is 3. The van der Waals surface area contributed by atoms with Crippen LogP contribution in [-0.2, 0) is 16.0 Å². The first-order chi connectivity index (χ1) is 9.82. The molecule has 1 rings (SSSR count). The maximum Gasteiger partial charge on any atom is 0.320 e. The molecule has 0 bridgehead atoms. The molecule has 0 amide bonds. The van der Waals surface area contributed by atoms with Gasteiger partial charge in [0.05, 0.1) is 5.92 Å². The van der Waals surface area contributed by atoms with E-state index in [4.69, 9.17) is 10.8 Å².